The molecule has 0 bridgehead atoms. The third-order valence-electron chi connectivity index (χ3n) is 4.25. The van der Waals surface area contributed by atoms with Gasteiger partial charge in [0.2, 0.25) is 0 Å². The molecule has 1 amide bonds. The van der Waals surface area contributed by atoms with Gasteiger partial charge in [-0.15, -0.1) is 0 Å². The van der Waals surface area contributed by atoms with Crippen LogP contribution in [0.15, 0.2) is 60.7 Å². The highest BCUT2D eigenvalue weighted by atomic mass is 16.3. The van der Waals surface area contributed by atoms with Crippen LogP contribution in [-0.4, -0.2) is 53.5 Å². The van der Waals surface area contributed by atoms with Crippen LogP contribution < -0.4 is 0 Å². The monoisotopic (exact) mass is 322 g/mol. The quantitative estimate of drug-likeness (QED) is 0.941. The number of rotatable bonds is 4. The molecule has 0 unspecified atom stereocenters. The molecule has 24 heavy (non-hydrogen) atoms. The van der Waals surface area contributed by atoms with Crippen molar-refractivity contribution in [3.8, 4) is 5.75 Å². The second-order valence-corrected chi connectivity index (χ2v) is 5.95. The Balaban J connectivity index is 1.48. The summed E-state index contributed by atoms with van der Waals surface area (Å²) in [5.41, 5.74) is 1.84. The predicted molar refractivity (Wildman–Crippen MR) is 95.9 cm³/mol. The molecule has 0 atom stereocenters. The minimum absolute atomic E-state index is 0.0366. The van der Waals surface area contributed by atoms with E-state index >= 15 is 0 Å². The first-order valence-electron chi connectivity index (χ1n) is 8.24. The van der Waals surface area contributed by atoms with Gasteiger partial charge in [0.25, 0.3) is 5.91 Å². The van der Waals surface area contributed by atoms with E-state index in [1.165, 1.54) is 5.56 Å². The Hall–Kier alpha value is -2.59. The van der Waals surface area contributed by atoms with E-state index in [0.29, 0.717) is 5.56 Å². The van der Waals surface area contributed by atoms with Crippen molar-refractivity contribution < 1.29 is 9.90 Å². The topological polar surface area (TPSA) is 43.8 Å². The van der Waals surface area contributed by atoms with Gasteiger partial charge in [-0.1, -0.05) is 42.5 Å². The van der Waals surface area contributed by atoms with Crippen molar-refractivity contribution in [2.75, 3.05) is 32.7 Å². The van der Waals surface area contributed by atoms with E-state index in [0.717, 1.165) is 32.7 Å². The molecule has 4 heteroatoms. The van der Waals surface area contributed by atoms with Gasteiger partial charge in [0, 0.05) is 38.3 Å². The summed E-state index contributed by atoms with van der Waals surface area (Å²) in [7, 11) is 0. The summed E-state index contributed by atoms with van der Waals surface area (Å²) < 4.78 is 0. The van der Waals surface area contributed by atoms with Gasteiger partial charge in [0.05, 0.1) is 0 Å². The Morgan fingerprint density at radius 1 is 0.958 bits per heavy atom. The molecule has 0 aliphatic carbocycles. The van der Waals surface area contributed by atoms with Gasteiger partial charge in [-0.05, 0) is 29.8 Å². The van der Waals surface area contributed by atoms with Gasteiger partial charge in [0.15, 0.2) is 0 Å². The zero-order chi connectivity index (χ0) is 16.8. The third kappa shape index (κ3) is 4.24. The number of phenolic OH excluding ortho intramolecular Hbond substituents is 1. The van der Waals surface area contributed by atoms with E-state index in [2.05, 4.69) is 29.2 Å². The molecule has 0 spiro atoms. The molecule has 1 aliphatic heterocycles. The van der Waals surface area contributed by atoms with Gasteiger partial charge in [-0.25, -0.2) is 0 Å². The molecule has 0 saturated carbocycles. The fourth-order valence-electron chi connectivity index (χ4n) is 2.82. The summed E-state index contributed by atoms with van der Waals surface area (Å²) in [6.07, 6.45) is 4.31. The van der Waals surface area contributed by atoms with Crippen LogP contribution >= 0.6 is 0 Å². The van der Waals surface area contributed by atoms with Gasteiger partial charge >= 0.3 is 0 Å². The van der Waals surface area contributed by atoms with Crippen LogP contribution in [0.25, 0.3) is 6.08 Å². The van der Waals surface area contributed by atoms with Crippen molar-refractivity contribution in [1.82, 2.24) is 9.80 Å². The molecule has 1 fully saturated rings. The number of carbonyl (C=O) groups is 1. The SMILES string of the molecule is O=C(c1ccc(O)cc1)N1CCN(C/C=C/c2ccccc2)CC1. The van der Waals surface area contributed by atoms with Crippen LogP contribution in [-0.2, 0) is 0 Å². The maximum Gasteiger partial charge on any atom is 0.253 e. The standard InChI is InChI=1S/C20H22N2O2/c23-19-10-8-18(9-11-19)20(24)22-15-13-21(14-16-22)12-4-7-17-5-2-1-3-6-17/h1-11,23H,12-16H2/b7-4+. The molecule has 0 radical (unpaired) electrons. The number of hydrogen-bond donors (Lipinski definition) is 1. The Morgan fingerprint density at radius 2 is 1.62 bits per heavy atom. The predicted octanol–water partition coefficient (Wildman–Crippen LogP) is 2.86. The Morgan fingerprint density at radius 3 is 2.29 bits per heavy atom. The lowest BCUT2D eigenvalue weighted by molar-refractivity contribution is 0.0650. The molecule has 1 saturated heterocycles. The van der Waals surface area contributed by atoms with Gasteiger partial charge in [-0.3, -0.25) is 9.69 Å². The number of hydrogen-bond acceptors (Lipinski definition) is 3. The van der Waals surface area contributed by atoms with Crippen molar-refractivity contribution in [2.24, 2.45) is 0 Å². The molecule has 1 aliphatic rings. The van der Waals surface area contributed by atoms with Crippen molar-refractivity contribution >= 4 is 12.0 Å². The minimum Gasteiger partial charge on any atom is -0.508 e. The second kappa shape index (κ2) is 7.79. The maximum atomic E-state index is 12.4. The van der Waals surface area contributed by atoms with Gasteiger partial charge in [0.1, 0.15) is 5.75 Å². The van der Waals surface area contributed by atoms with E-state index in [1.807, 2.05) is 23.1 Å². The fourth-order valence-corrected chi connectivity index (χ4v) is 2.82. The number of phenols is 1. The maximum absolute atomic E-state index is 12.4. The first kappa shape index (κ1) is 16.3. The van der Waals surface area contributed by atoms with Crippen LogP contribution in [0.2, 0.25) is 0 Å². The van der Waals surface area contributed by atoms with Crippen LogP contribution in [0.3, 0.4) is 0 Å². The molecule has 0 aromatic heterocycles. The summed E-state index contributed by atoms with van der Waals surface area (Å²) in [5, 5.41) is 9.31. The summed E-state index contributed by atoms with van der Waals surface area (Å²) >= 11 is 0. The molecule has 124 valence electrons. The number of aromatic hydroxyl groups is 1. The lowest BCUT2D eigenvalue weighted by atomic mass is 10.1. The van der Waals surface area contributed by atoms with E-state index in [4.69, 9.17) is 0 Å². The van der Waals surface area contributed by atoms with Crippen LogP contribution in [0.4, 0.5) is 0 Å². The van der Waals surface area contributed by atoms with Crippen LogP contribution in [0, 0.1) is 0 Å². The molecule has 1 heterocycles. The average Bonchev–Trinajstić information content (AvgIpc) is 2.63. The van der Waals surface area contributed by atoms with E-state index in [1.54, 1.807) is 24.3 Å². The summed E-state index contributed by atoms with van der Waals surface area (Å²) in [4.78, 5) is 16.7. The highest BCUT2D eigenvalue weighted by molar-refractivity contribution is 5.94. The summed E-state index contributed by atoms with van der Waals surface area (Å²) in [5.74, 6) is 0.219. The lowest BCUT2D eigenvalue weighted by Crippen LogP contribution is -2.48. The van der Waals surface area contributed by atoms with Crippen molar-refractivity contribution in [3.63, 3.8) is 0 Å². The Labute approximate surface area is 142 Å². The number of nitrogens with zero attached hydrogens (tertiary/aromatic N) is 2. The molecule has 2 aromatic carbocycles. The number of benzene rings is 2. The van der Waals surface area contributed by atoms with E-state index < -0.39 is 0 Å². The van der Waals surface area contributed by atoms with E-state index in [-0.39, 0.29) is 11.7 Å². The second-order valence-electron chi connectivity index (χ2n) is 5.95. The molecular weight excluding hydrogens is 300 g/mol. The third-order valence-corrected chi connectivity index (χ3v) is 4.25. The minimum atomic E-state index is 0.0366. The van der Waals surface area contributed by atoms with Gasteiger partial charge in [-0.2, -0.15) is 0 Å². The number of amides is 1. The average molecular weight is 322 g/mol. The molecular formula is C20H22N2O2. The molecule has 4 nitrogen and oxygen atoms in total. The lowest BCUT2D eigenvalue weighted by Gasteiger charge is -2.34. The number of carbonyl (C=O) groups excluding carboxylic acids is 1. The highest BCUT2D eigenvalue weighted by Gasteiger charge is 2.21. The van der Waals surface area contributed by atoms with Gasteiger partial charge < -0.3 is 10.0 Å². The normalized spacial score (nSPS) is 15.8. The first-order chi connectivity index (χ1) is 11.7. The Kier molecular flexibility index (Phi) is 5.29. The largest absolute Gasteiger partial charge is 0.508 e. The van der Waals surface area contributed by atoms with Crippen molar-refractivity contribution in [3.05, 3.63) is 71.8 Å². The first-order valence-corrected chi connectivity index (χ1v) is 8.24. The van der Waals surface area contributed by atoms with Crippen LogP contribution in [0.1, 0.15) is 15.9 Å². The van der Waals surface area contributed by atoms with E-state index in [9.17, 15) is 9.90 Å². The smallest absolute Gasteiger partial charge is 0.253 e. The Bertz CT molecular complexity index is 687. The number of piperazine rings is 1. The van der Waals surface area contributed by atoms with Crippen molar-refractivity contribution in [2.45, 2.75) is 0 Å². The van der Waals surface area contributed by atoms with Crippen LogP contribution in [0.5, 0.6) is 5.75 Å². The zero-order valence-electron chi connectivity index (χ0n) is 13.6. The highest BCUT2D eigenvalue weighted by Crippen LogP contribution is 2.13. The molecule has 2 aromatic rings. The fraction of sp³-hybridized carbons (Fsp3) is 0.250. The molecule has 3 rings (SSSR count). The van der Waals surface area contributed by atoms with Crippen molar-refractivity contribution in [1.29, 1.82) is 0 Å². The molecule has 1 N–H and O–H groups in total. The zero-order valence-corrected chi connectivity index (χ0v) is 13.6. The summed E-state index contributed by atoms with van der Waals surface area (Å²) in [6.45, 7) is 4.12. The summed E-state index contributed by atoms with van der Waals surface area (Å²) in [6, 6.07) is 16.7.